The van der Waals surface area contributed by atoms with Gasteiger partial charge in [0.1, 0.15) is 0 Å². The van der Waals surface area contributed by atoms with Gasteiger partial charge in [0, 0.05) is 17.1 Å². The summed E-state index contributed by atoms with van der Waals surface area (Å²) in [6.45, 7) is 11.0. The van der Waals surface area contributed by atoms with Crippen molar-refractivity contribution in [2.45, 2.75) is 41.5 Å². The van der Waals surface area contributed by atoms with Crippen LogP contribution in [0.2, 0.25) is 0 Å². The summed E-state index contributed by atoms with van der Waals surface area (Å²) in [6, 6.07) is 9.36. The van der Waals surface area contributed by atoms with Crippen LogP contribution in [-0.2, 0) is 13.6 Å². The monoisotopic (exact) mass is 321 g/mol. The van der Waals surface area contributed by atoms with Gasteiger partial charge in [-0.15, -0.1) is 15.5 Å². The third kappa shape index (κ3) is 5.69. The van der Waals surface area contributed by atoms with Crippen LogP contribution < -0.4 is 5.19 Å². The topological polar surface area (TPSA) is 64.8 Å². The Balaban J connectivity index is 3.30. The fourth-order valence-corrected chi connectivity index (χ4v) is 3.23. The fraction of sp³-hybridized carbons (Fsp3) is 0.400. The maximum Gasteiger partial charge on any atom is 0.800 e. The third-order valence-corrected chi connectivity index (χ3v) is 4.21. The highest BCUT2D eigenvalue weighted by Gasteiger charge is 2.54. The molecule has 0 aliphatic carbocycles. The van der Waals surface area contributed by atoms with Gasteiger partial charge >= 0.3 is 8.80 Å². The van der Waals surface area contributed by atoms with E-state index in [1.165, 1.54) is 0 Å². The van der Waals surface area contributed by atoms with Gasteiger partial charge in [-0.05, 0) is 41.5 Å². The zero-order valence-electron chi connectivity index (χ0n) is 14.0. The van der Waals surface area contributed by atoms with Crippen molar-refractivity contribution in [2.75, 3.05) is 0 Å². The molecule has 0 amide bonds. The zero-order valence-corrected chi connectivity index (χ0v) is 15.0. The van der Waals surface area contributed by atoms with E-state index in [1.807, 2.05) is 71.9 Å². The van der Waals surface area contributed by atoms with Gasteiger partial charge in [-0.25, -0.2) is 0 Å². The molecule has 0 saturated carbocycles. The van der Waals surface area contributed by atoms with E-state index in [9.17, 15) is 0 Å². The van der Waals surface area contributed by atoms with Crippen LogP contribution in [0.1, 0.15) is 41.5 Å². The number of rotatable bonds is 7. The molecule has 0 saturated heterocycles. The van der Waals surface area contributed by atoms with E-state index in [2.05, 4.69) is 15.5 Å². The number of hydrogen-bond acceptors (Lipinski definition) is 6. The maximum atomic E-state index is 5.65. The Hall–Kier alpha value is -2.15. The molecular formula is C15H23N3O3Si. The van der Waals surface area contributed by atoms with Gasteiger partial charge in [-0.2, -0.15) is 0 Å². The summed E-state index contributed by atoms with van der Waals surface area (Å²) in [6.07, 6.45) is 0. The van der Waals surface area contributed by atoms with Crippen LogP contribution in [0.25, 0.3) is 0 Å². The molecule has 0 atom stereocenters. The Labute approximate surface area is 132 Å². The Morgan fingerprint density at radius 1 is 0.682 bits per heavy atom. The molecule has 0 fully saturated rings. The van der Waals surface area contributed by atoms with Gasteiger partial charge < -0.3 is 13.6 Å². The molecule has 0 bridgehead atoms. The van der Waals surface area contributed by atoms with E-state index in [0.29, 0.717) is 0 Å². The van der Waals surface area contributed by atoms with E-state index in [0.717, 1.165) is 22.3 Å². The predicted octanol–water partition coefficient (Wildman–Crippen LogP) is 3.07. The molecule has 0 N–H and O–H groups in total. The molecule has 0 unspecified atom stereocenters. The standard InChI is InChI=1S/C15H23N3O3Si/c1-12(2)16-19-22(20-17-13(3)4,21-18-14(5)6)15-10-8-7-9-11-15/h7-11H,1-6H3. The SMILES string of the molecule is CC(C)=NO[Si](ON=C(C)C)(ON=C(C)C)c1ccccc1. The summed E-state index contributed by atoms with van der Waals surface area (Å²) in [5, 5.41) is 12.8. The summed E-state index contributed by atoms with van der Waals surface area (Å²) in [4.78, 5) is 0. The molecule has 22 heavy (non-hydrogen) atoms. The first-order valence-electron chi connectivity index (χ1n) is 6.99. The summed E-state index contributed by atoms with van der Waals surface area (Å²) in [7, 11) is -3.42. The third-order valence-electron chi connectivity index (χ3n) is 2.17. The first kappa shape index (κ1) is 17.9. The minimum atomic E-state index is -3.42. The van der Waals surface area contributed by atoms with Gasteiger partial charge in [0.2, 0.25) is 0 Å². The molecule has 0 aromatic heterocycles. The zero-order chi connectivity index (χ0) is 16.6. The van der Waals surface area contributed by atoms with Crippen LogP contribution in [0.15, 0.2) is 45.8 Å². The molecule has 0 aliphatic rings. The minimum absolute atomic E-state index is 0.731. The Morgan fingerprint density at radius 3 is 1.36 bits per heavy atom. The van der Waals surface area contributed by atoms with E-state index < -0.39 is 8.80 Å². The summed E-state index contributed by atoms with van der Waals surface area (Å²) in [5.41, 5.74) is 2.23. The maximum absolute atomic E-state index is 5.65. The quantitative estimate of drug-likeness (QED) is 0.440. The molecule has 7 heteroatoms. The summed E-state index contributed by atoms with van der Waals surface area (Å²) in [5.74, 6) is 0. The molecule has 1 aromatic carbocycles. The Bertz CT molecular complexity index is 508. The van der Waals surface area contributed by atoms with Gasteiger partial charge in [-0.1, -0.05) is 30.3 Å². The van der Waals surface area contributed by atoms with Gasteiger partial charge in [-0.3, -0.25) is 0 Å². The highest BCUT2D eigenvalue weighted by molar-refractivity contribution is 6.75. The number of benzene rings is 1. The van der Waals surface area contributed by atoms with Crippen LogP contribution in [0, 0.1) is 0 Å². The van der Waals surface area contributed by atoms with Crippen molar-refractivity contribution in [3.05, 3.63) is 30.3 Å². The molecule has 0 spiro atoms. The highest BCUT2D eigenvalue weighted by atomic mass is 28.4. The molecule has 0 aliphatic heterocycles. The average molecular weight is 321 g/mol. The molecular weight excluding hydrogens is 298 g/mol. The van der Waals surface area contributed by atoms with Crippen molar-refractivity contribution in [1.29, 1.82) is 0 Å². The summed E-state index contributed by atoms with van der Waals surface area (Å²) < 4.78 is 16.9. The second-order valence-electron chi connectivity index (χ2n) is 5.31. The van der Waals surface area contributed by atoms with Crippen molar-refractivity contribution in [3.8, 4) is 0 Å². The van der Waals surface area contributed by atoms with Crippen LogP contribution in [0.4, 0.5) is 0 Å². The number of oxime groups is 3. The first-order chi connectivity index (χ1) is 10.4. The van der Waals surface area contributed by atoms with Crippen molar-refractivity contribution >= 4 is 31.1 Å². The highest BCUT2D eigenvalue weighted by Crippen LogP contribution is 2.13. The largest absolute Gasteiger partial charge is 0.800 e. The second-order valence-corrected chi connectivity index (χ2v) is 7.55. The van der Waals surface area contributed by atoms with Gasteiger partial charge in [0.05, 0.1) is 5.19 Å². The van der Waals surface area contributed by atoms with E-state index in [4.69, 9.17) is 13.6 Å². The number of hydrogen-bond donors (Lipinski definition) is 0. The summed E-state index contributed by atoms with van der Waals surface area (Å²) >= 11 is 0. The lowest BCUT2D eigenvalue weighted by Crippen LogP contribution is -2.54. The first-order valence-corrected chi connectivity index (χ1v) is 8.72. The van der Waals surface area contributed by atoms with E-state index in [-0.39, 0.29) is 0 Å². The molecule has 1 aromatic rings. The molecule has 0 heterocycles. The molecule has 6 nitrogen and oxygen atoms in total. The minimum Gasteiger partial charge on any atom is -0.370 e. The molecule has 120 valence electrons. The normalized spacial score (nSPS) is 10.3. The van der Waals surface area contributed by atoms with Crippen LogP contribution in [0.3, 0.4) is 0 Å². The van der Waals surface area contributed by atoms with E-state index in [1.54, 1.807) is 0 Å². The fourth-order valence-electron chi connectivity index (χ4n) is 1.30. The van der Waals surface area contributed by atoms with Crippen molar-refractivity contribution in [2.24, 2.45) is 15.5 Å². The Kier molecular flexibility index (Phi) is 6.78. The average Bonchev–Trinajstić information content (AvgIpc) is 2.47. The van der Waals surface area contributed by atoms with Crippen LogP contribution in [-0.4, -0.2) is 25.9 Å². The lowest BCUT2D eigenvalue weighted by Gasteiger charge is -2.22. The van der Waals surface area contributed by atoms with Crippen molar-refractivity contribution in [3.63, 3.8) is 0 Å². The van der Waals surface area contributed by atoms with Gasteiger partial charge in [0.25, 0.3) is 0 Å². The van der Waals surface area contributed by atoms with Gasteiger partial charge in [0.15, 0.2) is 0 Å². The number of nitrogens with zero attached hydrogens (tertiary/aromatic N) is 3. The molecule has 1 rings (SSSR count). The Morgan fingerprint density at radius 2 is 1.05 bits per heavy atom. The van der Waals surface area contributed by atoms with Crippen LogP contribution in [0.5, 0.6) is 0 Å². The van der Waals surface area contributed by atoms with Crippen molar-refractivity contribution < 1.29 is 13.6 Å². The van der Waals surface area contributed by atoms with Crippen LogP contribution >= 0.6 is 0 Å². The van der Waals surface area contributed by atoms with Crippen molar-refractivity contribution in [1.82, 2.24) is 0 Å². The lowest BCUT2D eigenvalue weighted by atomic mass is 10.4. The van der Waals surface area contributed by atoms with E-state index >= 15 is 0 Å². The lowest BCUT2D eigenvalue weighted by molar-refractivity contribution is 0.0804. The smallest absolute Gasteiger partial charge is 0.370 e. The second kappa shape index (κ2) is 8.33. The predicted molar refractivity (Wildman–Crippen MR) is 91.4 cm³/mol. The molecule has 0 radical (unpaired) electrons.